The van der Waals surface area contributed by atoms with Crippen LogP contribution in [0.3, 0.4) is 0 Å². The molecule has 0 radical (unpaired) electrons. The van der Waals surface area contributed by atoms with Crippen LogP contribution in [0.25, 0.3) is 11.1 Å². The molecule has 102 valence electrons. The monoisotopic (exact) mass is 323 g/mol. The number of hydrogen-bond donors (Lipinski definition) is 1. The molecule has 2 rings (SSSR count). The van der Waals surface area contributed by atoms with Crippen LogP contribution in [0, 0.1) is 6.92 Å². The van der Waals surface area contributed by atoms with E-state index in [0.29, 0.717) is 6.54 Å². The molecule has 5 heteroatoms. The van der Waals surface area contributed by atoms with E-state index in [1.54, 1.807) is 7.11 Å². The second kappa shape index (κ2) is 5.75. The summed E-state index contributed by atoms with van der Waals surface area (Å²) in [5, 5.41) is 4.55. The third-order valence-electron chi connectivity index (χ3n) is 3.22. The van der Waals surface area contributed by atoms with Gasteiger partial charge in [0.1, 0.15) is 5.75 Å². The fraction of sp³-hybridized carbons (Fsp3) is 0.357. The van der Waals surface area contributed by atoms with Gasteiger partial charge in [0, 0.05) is 34.8 Å². The summed E-state index contributed by atoms with van der Waals surface area (Å²) in [5.41, 5.74) is 9.97. The Balaban J connectivity index is 2.66. The van der Waals surface area contributed by atoms with Crippen molar-refractivity contribution in [3.8, 4) is 16.9 Å². The molecule has 1 aromatic carbocycles. The van der Waals surface area contributed by atoms with Crippen LogP contribution < -0.4 is 10.5 Å². The van der Waals surface area contributed by atoms with Gasteiger partial charge in [0.2, 0.25) is 0 Å². The van der Waals surface area contributed by atoms with Crippen molar-refractivity contribution in [1.29, 1.82) is 0 Å². The zero-order valence-corrected chi connectivity index (χ0v) is 13.0. The van der Waals surface area contributed by atoms with Crippen molar-refractivity contribution < 1.29 is 4.74 Å². The largest absolute Gasteiger partial charge is 0.496 e. The number of hydrogen-bond acceptors (Lipinski definition) is 3. The average molecular weight is 324 g/mol. The predicted molar refractivity (Wildman–Crippen MR) is 80.4 cm³/mol. The molecule has 0 aliphatic carbocycles. The van der Waals surface area contributed by atoms with Crippen LogP contribution >= 0.6 is 15.9 Å². The van der Waals surface area contributed by atoms with Crippen LogP contribution in [-0.2, 0) is 13.5 Å². The van der Waals surface area contributed by atoms with E-state index in [1.165, 1.54) is 0 Å². The molecule has 0 amide bonds. The van der Waals surface area contributed by atoms with E-state index in [2.05, 4.69) is 34.0 Å². The number of rotatable bonds is 4. The summed E-state index contributed by atoms with van der Waals surface area (Å²) in [5.74, 6) is 0.845. The Morgan fingerprint density at radius 2 is 2.16 bits per heavy atom. The van der Waals surface area contributed by atoms with Crippen LogP contribution in [0.5, 0.6) is 5.75 Å². The number of aromatic nitrogens is 2. The number of nitrogens with zero attached hydrogens (tertiary/aromatic N) is 2. The number of benzene rings is 1. The molecular formula is C14H18BrN3O. The molecule has 4 nitrogen and oxygen atoms in total. The molecule has 0 unspecified atom stereocenters. The smallest absolute Gasteiger partial charge is 0.126 e. The van der Waals surface area contributed by atoms with Crippen molar-refractivity contribution in [2.45, 2.75) is 13.3 Å². The van der Waals surface area contributed by atoms with Crippen LogP contribution in [0.2, 0.25) is 0 Å². The second-order valence-corrected chi connectivity index (χ2v) is 5.33. The number of aryl methyl sites for hydroxylation is 1. The van der Waals surface area contributed by atoms with Gasteiger partial charge in [0.15, 0.2) is 0 Å². The molecule has 0 aliphatic heterocycles. The summed E-state index contributed by atoms with van der Waals surface area (Å²) in [7, 11) is 3.63. The lowest BCUT2D eigenvalue weighted by Gasteiger charge is -2.10. The highest BCUT2D eigenvalue weighted by Crippen LogP contribution is 2.36. The van der Waals surface area contributed by atoms with Gasteiger partial charge in [-0.05, 0) is 31.7 Å². The van der Waals surface area contributed by atoms with E-state index in [-0.39, 0.29) is 0 Å². The highest BCUT2D eigenvalue weighted by Gasteiger charge is 2.18. The lowest BCUT2D eigenvalue weighted by Crippen LogP contribution is -2.04. The van der Waals surface area contributed by atoms with E-state index in [9.17, 15) is 0 Å². The maximum Gasteiger partial charge on any atom is 0.126 e. The normalized spacial score (nSPS) is 10.8. The Morgan fingerprint density at radius 1 is 1.42 bits per heavy atom. The Morgan fingerprint density at radius 3 is 2.79 bits per heavy atom. The Hall–Kier alpha value is -1.33. The summed E-state index contributed by atoms with van der Waals surface area (Å²) < 4.78 is 8.37. The second-order valence-electron chi connectivity index (χ2n) is 4.41. The maximum atomic E-state index is 5.68. The van der Waals surface area contributed by atoms with Crippen LogP contribution in [0.1, 0.15) is 11.4 Å². The molecule has 2 aromatic rings. The van der Waals surface area contributed by atoms with E-state index in [1.807, 2.05) is 23.9 Å². The molecule has 2 N–H and O–H groups in total. The molecule has 0 saturated carbocycles. The van der Waals surface area contributed by atoms with Gasteiger partial charge in [-0.3, -0.25) is 4.68 Å². The maximum absolute atomic E-state index is 5.68. The summed E-state index contributed by atoms with van der Waals surface area (Å²) in [6.45, 7) is 2.64. The summed E-state index contributed by atoms with van der Waals surface area (Å²) in [6.07, 6.45) is 0.757. The van der Waals surface area contributed by atoms with Crippen molar-refractivity contribution in [3.05, 3.63) is 34.1 Å². The number of methoxy groups -OCH3 is 1. The Labute approximate surface area is 121 Å². The first-order valence-corrected chi connectivity index (χ1v) is 6.94. The first-order chi connectivity index (χ1) is 9.08. The number of nitrogens with two attached hydrogens (primary N) is 1. The first-order valence-electron chi connectivity index (χ1n) is 6.15. The van der Waals surface area contributed by atoms with E-state index in [0.717, 1.165) is 39.2 Å². The minimum absolute atomic E-state index is 0.583. The fourth-order valence-electron chi connectivity index (χ4n) is 2.21. The number of halogens is 1. The lowest BCUT2D eigenvalue weighted by molar-refractivity contribution is 0.416. The zero-order valence-electron chi connectivity index (χ0n) is 11.4. The van der Waals surface area contributed by atoms with E-state index in [4.69, 9.17) is 10.5 Å². The van der Waals surface area contributed by atoms with Crippen molar-refractivity contribution in [2.75, 3.05) is 13.7 Å². The highest BCUT2D eigenvalue weighted by atomic mass is 79.9. The molecule has 1 aromatic heterocycles. The third-order valence-corrected chi connectivity index (χ3v) is 3.71. The Bertz CT molecular complexity index is 593. The van der Waals surface area contributed by atoms with Gasteiger partial charge >= 0.3 is 0 Å². The van der Waals surface area contributed by atoms with Gasteiger partial charge in [-0.1, -0.05) is 15.9 Å². The zero-order chi connectivity index (χ0) is 14.0. The fourth-order valence-corrected chi connectivity index (χ4v) is 2.58. The van der Waals surface area contributed by atoms with Crippen molar-refractivity contribution >= 4 is 15.9 Å². The molecule has 1 heterocycles. The summed E-state index contributed by atoms with van der Waals surface area (Å²) >= 11 is 3.51. The van der Waals surface area contributed by atoms with Gasteiger partial charge < -0.3 is 10.5 Å². The lowest BCUT2D eigenvalue weighted by atomic mass is 10.0. The van der Waals surface area contributed by atoms with Gasteiger partial charge in [-0.2, -0.15) is 5.10 Å². The van der Waals surface area contributed by atoms with Crippen molar-refractivity contribution in [3.63, 3.8) is 0 Å². The molecule has 0 aliphatic rings. The van der Waals surface area contributed by atoms with Crippen molar-refractivity contribution in [2.24, 2.45) is 12.8 Å². The van der Waals surface area contributed by atoms with Gasteiger partial charge in [-0.15, -0.1) is 0 Å². The summed E-state index contributed by atoms with van der Waals surface area (Å²) in [4.78, 5) is 0. The van der Waals surface area contributed by atoms with Gasteiger partial charge in [-0.25, -0.2) is 0 Å². The summed E-state index contributed by atoms with van der Waals surface area (Å²) in [6, 6.07) is 5.98. The topological polar surface area (TPSA) is 53.1 Å². The van der Waals surface area contributed by atoms with Crippen LogP contribution in [0.15, 0.2) is 22.7 Å². The predicted octanol–water partition coefficient (Wildman–Crippen LogP) is 2.67. The first kappa shape index (κ1) is 14.1. The molecule has 0 spiro atoms. The standard InChI is InChI=1S/C14H18BrN3O/c1-9-14(12(6-7-16)17-18(9)2)11-8-10(15)4-5-13(11)19-3/h4-5,8H,6-7,16H2,1-3H3. The van der Waals surface area contributed by atoms with E-state index >= 15 is 0 Å². The van der Waals surface area contributed by atoms with Crippen molar-refractivity contribution in [1.82, 2.24) is 9.78 Å². The van der Waals surface area contributed by atoms with Gasteiger partial charge in [0.05, 0.1) is 12.8 Å². The minimum atomic E-state index is 0.583. The molecule has 0 fully saturated rings. The molecule has 19 heavy (non-hydrogen) atoms. The SMILES string of the molecule is COc1ccc(Br)cc1-c1c(CCN)nn(C)c1C. The molecule has 0 bridgehead atoms. The van der Waals surface area contributed by atoms with E-state index < -0.39 is 0 Å². The molecular weight excluding hydrogens is 306 g/mol. The Kier molecular flexibility index (Phi) is 4.27. The quantitative estimate of drug-likeness (QED) is 0.941. The molecule has 0 atom stereocenters. The van der Waals surface area contributed by atoms with Crippen LogP contribution in [0.4, 0.5) is 0 Å². The van der Waals surface area contributed by atoms with Crippen LogP contribution in [-0.4, -0.2) is 23.4 Å². The highest BCUT2D eigenvalue weighted by molar-refractivity contribution is 9.10. The third kappa shape index (κ3) is 2.67. The average Bonchev–Trinajstić information content (AvgIpc) is 2.65. The number of ether oxygens (including phenoxy) is 1. The minimum Gasteiger partial charge on any atom is -0.496 e. The molecule has 0 saturated heterocycles. The van der Waals surface area contributed by atoms with Gasteiger partial charge in [0.25, 0.3) is 0 Å².